The van der Waals surface area contributed by atoms with Crippen LogP contribution in [0.3, 0.4) is 0 Å². The highest BCUT2D eigenvalue weighted by Gasteiger charge is 2.17. The Kier molecular flexibility index (Phi) is 4.76. The van der Waals surface area contributed by atoms with Gasteiger partial charge in [-0.25, -0.2) is 0 Å². The van der Waals surface area contributed by atoms with E-state index in [1.807, 2.05) is 12.1 Å². The Hall–Kier alpha value is -1.55. The third kappa shape index (κ3) is 3.56. The highest BCUT2D eigenvalue weighted by molar-refractivity contribution is 6.02. The van der Waals surface area contributed by atoms with Crippen molar-refractivity contribution in [3.05, 3.63) is 29.3 Å². The number of benzene rings is 1. The van der Waals surface area contributed by atoms with Crippen molar-refractivity contribution in [1.82, 2.24) is 0 Å². The van der Waals surface area contributed by atoms with Crippen LogP contribution in [0.2, 0.25) is 0 Å². The van der Waals surface area contributed by atoms with Crippen molar-refractivity contribution < 1.29 is 14.7 Å². The summed E-state index contributed by atoms with van der Waals surface area (Å²) in [6, 6.07) is 6.12. The second-order valence-corrected chi connectivity index (χ2v) is 5.84. The maximum atomic E-state index is 9.10. The molecular weight excluding hydrogens is 266 g/mol. The van der Waals surface area contributed by atoms with Gasteiger partial charge in [0.1, 0.15) is 5.75 Å². The first-order valence-electron chi connectivity index (χ1n) is 7.95. The van der Waals surface area contributed by atoms with Gasteiger partial charge in [-0.15, -0.1) is 0 Å². The molecule has 1 unspecified atom stereocenters. The molecule has 21 heavy (non-hydrogen) atoms. The van der Waals surface area contributed by atoms with Crippen molar-refractivity contribution in [2.45, 2.75) is 51.0 Å². The maximum absolute atomic E-state index is 9.10. The Morgan fingerprint density at radius 3 is 3.05 bits per heavy atom. The standard InChI is InChI=1S/C17H23NO3/c19-18-17-7-1-4-13-8-9-15(12-16(13)17)21-11-3-6-14-5-2-10-20-14/h8-9,12,14,19H,1-7,10-11H2/b18-17-. The Morgan fingerprint density at radius 2 is 2.24 bits per heavy atom. The van der Waals surface area contributed by atoms with Crippen molar-refractivity contribution >= 4 is 5.71 Å². The van der Waals surface area contributed by atoms with Gasteiger partial charge in [-0.3, -0.25) is 0 Å². The number of hydrogen-bond donors (Lipinski definition) is 1. The van der Waals surface area contributed by atoms with Crippen molar-refractivity contribution in [3.63, 3.8) is 0 Å². The molecule has 4 nitrogen and oxygen atoms in total. The van der Waals surface area contributed by atoms with Crippen molar-refractivity contribution in [1.29, 1.82) is 0 Å². The number of aryl methyl sites for hydroxylation is 1. The minimum absolute atomic E-state index is 0.435. The molecule has 0 amide bonds. The quantitative estimate of drug-likeness (QED) is 0.512. The van der Waals surface area contributed by atoms with Gasteiger partial charge in [0.2, 0.25) is 0 Å². The van der Waals surface area contributed by atoms with Gasteiger partial charge in [0.25, 0.3) is 0 Å². The van der Waals surface area contributed by atoms with Gasteiger partial charge in [0.05, 0.1) is 18.4 Å². The zero-order chi connectivity index (χ0) is 14.5. The van der Waals surface area contributed by atoms with Gasteiger partial charge in [-0.1, -0.05) is 11.2 Å². The van der Waals surface area contributed by atoms with E-state index in [1.54, 1.807) is 0 Å². The van der Waals surface area contributed by atoms with E-state index in [2.05, 4.69) is 11.2 Å². The van der Waals surface area contributed by atoms with Gasteiger partial charge >= 0.3 is 0 Å². The fourth-order valence-corrected chi connectivity index (χ4v) is 3.19. The lowest BCUT2D eigenvalue weighted by molar-refractivity contribution is 0.0981. The number of fused-ring (bicyclic) bond motifs is 1. The lowest BCUT2D eigenvalue weighted by atomic mass is 9.90. The van der Waals surface area contributed by atoms with Crippen LogP contribution in [0, 0.1) is 0 Å². The largest absolute Gasteiger partial charge is 0.494 e. The topological polar surface area (TPSA) is 51.1 Å². The minimum atomic E-state index is 0.435. The summed E-state index contributed by atoms with van der Waals surface area (Å²) in [5.41, 5.74) is 3.07. The SMILES string of the molecule is O/N=C1/CCCc2ccc(OCCCC3CCCO3)cc21. The minimum Gasteiger partial charge on any atom is -0.494 e. The van der Waals surface area contributed by atoms with E-state index in [-0.39, 0.29) is 0 Å². The van der Waals surface area contributed by atoms with Gasteiger partial charge in [0.15, 0.2) is 0 Å². The molecule has 0 aromatic heterocycles. The molecule has 0 radical (unpaired) electrons. The Morgan fingerprint density at radius 1 is 1.29 bits per heavy atom. The summed E-state index contributed by atoms with van der Waals surface area (Å²) in [6.07, 6.45) is 7.85. The van der Waals surface area contributed by atoms with Crippen LogP contribution in [-0.4, -0.2) is 30.2 Å². The molecule has 0 spiro atoms. The molecular formula is C17H23NO3. The molecule has 1 aromatic carbocycles. The fraction of sp³-hybridized carbons (Fsp3) is 0.588. The molecule has 1 fully saturated rings. The van der Waals surface area contributed by atoms with Crippen LogP contribution >= 0.6 is 0 Å². The second kappa shape index (κ2) is 6.94. The number of ether oxygens (including phenoxy) is 2. The zero-order valence-electron chi connectivity index (χ0n) is 12.4. The van der Waals surface area contributed by atoms with E-state index in [0.717, 1.165) is 55.7 Å². The van der Waals surface area contributed by atoms with Gasteiger partial charge < -0.3 is 14.7 Å². The van der Waals surface area contributed by atoms with Crippen LogP contribution in [0.1, 0.15) is 49.7 Å². The first-order chi connectivity index (χ1) is 10.4. The highest BCUT2D eigenvalue weighted by Crippen LogP contribution is 2.26. The summed E-state index contributed by atoms with van der Waals surface area (Å²) >= 11 is 0. The Balaban J connectivity index is 1.54. The van der Waals surface area contributed by atoms with Crippen molar-refractivity contribution in [3.8, 4) is 5.75 Å². The molecule has 1 aromatic rings. The molecule has 1 N–H and O–H groups in total. The molecule has 1 atom stereocenters. The van der Waals surface area contributed by atoms with Gasteiger partial charge in [-0.2, -0.15) is 0 Å². The normalized spacial score (nSPS) is 23.2. The molecule has 1 heterocycles. The summed E-state index contributed by atoms with van der Waals surface area (Å²) < 4.78 is 11.4. The third-order valence-corrected chi connectivity index (χ3v) is 4.34. The molecule has 4 heteroatoms. The summed E-state index contributed by atoms with van der Waals surface area (Å²) in [6.45, 7) is 1.63. The predicted molar refractivity (Wildman–Crippen MR) is 81.4 cm³/mol. The van der Waals surface area contributed by atoms with Gasteiger partial charge in [-0.05, 0) is 62.6 Å². The fourth-order valence-electron chi connectivity index (χ4n) is 3.19. The molecule has 2 aliphatic rings. The lowest BCUT2D eigenvalue weighted by Gasteiger charge is -2.18. The molecule has 3 rings (SSSR count). The van der Waals surface area contributed by atoms with E-state index < -0.39 is 0 Å². The first kappa shape index (κ1) is 14.4. The van der Waals surface area contributed by atoms with E-state index >= 15 is 0 Å². The van der Waals surface area contributed by atoms with Crippen LogP contribution < -0.4 is 4.74 Å². The number of rotatable bonds is 5. The third-order valence-electron chi connectivity index (χ3n) is 4.34. The first-order valence-corrected chi connectivity index (χ1v) is 7.95. The maximum Gasteiger partial charge on any atom is 0.119 e. The second-order valence-electron chi connectivity index (χ2n) is 5.84. The predicted octanol–water partition coefficient (Wildman–Crippen LogP) is 3.54. The summed E-state index contributed by atoms with van der Waals surface area (Å²) in [7, 11) is 0. The van der Waals surface area contributed by atoms with Gasteiger partial charge in [0, 0.05) is 12.2 Å². The number of oxime groups is 1. The molecule has 1 saturated heterocycles. The highest BCUT2D eigenvalue weighted by atomic mass is 16.5. The Labute approximate surface area is 125 Å². The van der Waals surface area contributed by atoms with Crippen LogP contribution in [0.5, 0.6) is 5.75 Å². The molecule has 114 valence electrons. The number of nitrogens with zero attached hydrogens (tertiary/aromatic N) is 1. The molecule has 1 aliphatic carbocycles. The molecule has 1 aliphatic heterocycles. The van der Waals surface area contributed by atoms with Crippen molar-refractivity contribution in [2.24, 2.45) is 5.16 Å². The summed E-state index contributed by atoms with van der Waals surface area (Å²) in [5, 5.41) is 12.5. The summed E-state index contributed by atoms with van der Waals surface area (Å²) in [5.74, 6) is 0.865. The van der Waals surface area contributed by atoms with Crippen LogP contribution in [0.15, 0.2) is 23.4 Å². The molecule has 0 bridgehead atoms. The smallest absolute Gasteiger partial charge is 0.119 e. The number of hydrogen-bond acceptors (Lipinski definition) is 4. The van der Waals surface area contributed by atoms with E-state index in [1.165, 1.54) is 18.4 Å². The van der Waals surface area contributed by atoms with Crippen LogP contribution in [-0.2, 0) is 11.2 Å². The van der Waals surface area contributed by atoms with E-state index in [9.17, 15) is 0 Å². The average molecular weight is 289 g/mol. The van der Waals surface area contributed by atoms with E-state index in [0.29, 0.717) is 12.7 Å². The Bertz CT molecular complexity index is 507. The van der Waals surface area contributed by atoms with Crippen LogP contribution in [0.25, 0.3) is 0 Å². The lowest BCUT2D eigenvalue weighted by Crippen LogP contribution is -2.12. The average Bonchev–Trinajstić information content (AvgIpc) is 3.04. The zero-order valence-corrected chi connectivity index (χ0v) is 12.4. The van der Waals surface area contributed by atoms with Crippen molar-refractivity contribution in [2.75, 3.05) is 13.2 Å². The monoisotopic (exact) mass is 289 g/mol. The molecule has 0 saturated carbocycles. The van der Waals surface area contributed by atoms with E-state index in [4.69, 9.17) is 14.7 Å². The van der Waals surface area contributed by atoms with Crippen LogP contribution in [0.4, 0.5) is 0 Å². The summed E-state index contributed by atoms with van der Waals surface area (Å²) in [4.78, 5) is 0.